The lowest BCUT2D eigenvalue weighted by atomic mass is 10.0. The van der Waals surface area contributed by atoms with Crippen molar-refractivity contribution in [2.75, 3.05) is 0 Å². The second-order valence-electron chi connectivity index (χ2n) is 12.5. The fourth-order valence-electron chi connectivity index (χ4n) is 5.47. The highest BCUT2D eigenvalue weighted by Crippen LogP contribution is 2.15. The molecule has 0 fully saturated rings. The average Bonchev–Trinajstić information content (AvgIpc) is 2.95. The predicted molar refractivity (Wildman–Crippen MR) is 184 cm³/mol. The third-order valence-electron chi connectivity index (χ3n) is 8.24. The molecule has 0 aliphatic carbocycles. The van der Waals surface area contributed by atoms with Gasteiger partial charge in [-0.2, -0.15) is 0 Å². The lowest BCUT2D eigenvalue weighted by Gasteiger charge is -2.03. The molecule has 0 bridgehead atoms. The largest absolute Gasteiger partial charge is 0.481 e. The molecule has 254 valence electrons. The van der Waals surface area contributed by atoms with E-state index >= 15 is 0 Å². The molecule has 0 rings (SSSR count). The van der Waals surface area contributed by atoms with E-state index in [-0.39, 0.29) is 6.15 Å². The molecule has 0 aliphatic rings. The molecule has 0 aromatic heterocycles. The zero-order valence-electron chi connectivity index (χ0n) is 28.8. The van der Waals surface area contributed by atoms with Crippen molar-refractivity contribution in [1.82, 2.24) is 6.15 Å². The first-order valence-corrected chi connectivity index (χ1v) is 18.5. The fraction of sp³-hybridized carbons (Fsp3) is 0.946. The molecule has 0 amide bonds. The minimum absolute atomic E-state index is 0. The van der Waals surface area contributed by atoms with Crippen LogP contribution in [0, 0.1) is 0 Å². The highest BCUT2D eigenvalue weighted by atomic mass is 16.4. The van der Waals surface area contributed by atoms with Crippen LogP contribution in [0.1, 0.15) is 226 Å². The first-order valence-electron chi connectivity index (χ1n) is 18.5. The van der Waals surface area contributed by atoms with Crippen molar-refractivity contribution < 1.29 is 19.8 Å². The van der Waals surface area contributed by atoms with Crippen molar-refractivity contribution in [1.29, 1.82) is 0 Å². The summed E-state index contributed by atoms with van der Waals surface area (Å²) in [6.07, 6.45) is 41.9. The van der Waals surface area contributed by atoms with Crippen LogP contribution in [0.5, 0.6) is 0 Å². The smallest absolute Gasteiger partial charge is 0.303 e. The standard InChI is InChI=1S/C19H38O2.C18H36O2.H3N/c1-2-3-4-5-6-7-8-9-10-11-12-13-14-15-16-17-18-19(20)21;1-2-3-4-5-6-7-8-9-10-11-12-13-14-15-16-17-18(19)20;/h2-18H2,1H3,(H,20,21);2-17H2,1H3,(H,19,20);1H3. The minimum Gasteiger partial charge on any atom is -0.481 e. The van der Waals surface area contributed by atoms with Gasteiger partial charge in [-0.25, -0.2) is 0 Å². The molecule has 0 unspecified atom stereocenters. The van der Waals surface area contributed by atoms with Crippen LogP contribution in [-0.4, -0.2) is 22.2 Å². The number of carboxylic acid groups (broad SMARTS) is 2. The lowest BCUT2D eigenvalue weighted by molar-refractivity contribution is -0.138. The summed E-state index contributed by atoms with van der Waals surface area (Å²) in [4.78, 5) is 20.7. The number of aliphatic carboxylic acids is 2. The van der Waals surface area contributed by atoms with Crippen molar-refractivity contribution in [3.63, 3.8) is 0 Å². The quantitative estimate of drug-likeness (QED) is 0.0650. The van der Waals surface area contributed by atoms with Gasteiger partial charge in [0.1, 0.15) is 0 Å². The van der Waals surface area contributed by atoms with Gasteiger partial charge in [-0.3, -0.25) is 9.59 Å². The molecule has 0 saturated carbocycles. The Morgan fingerprint density at radius 3 is 0.595 bits per heavy atom. The maximum atomic E-state index is 10.3. The summed E-state index contributed by atoms with van der Waals surface area (Å²) < 4.78 is 0. The molecule has 0 atom stereocenters. The SMILES string of the molecule is CCCCCCCCCCCCCCCCCC(=O)O.CCCCCCCCCCCCCCCCCCC(=O)O.N. The Bertz CT molecular complexity index is 512. The summed E-state index contributed by atoms with van der Waals surface area (Å²) in [5, 5.41) is 17.0. The van der Waals surface area contributed by atoms with E-state index in [9.17, 15) is 9.59 Å². The van der Waals surface area contributed by atoms with Gasteiger partial charge in [0.15, 0.2) is 0 Å². The van der Waals surface area contributed by atoms with Gasteiger partial charge in [-0.15, -0.1) is 0 Å². The van der Waals surface area contributed by atoms with Crippen LogP contribution in [0.4, 0.5) is 0 Å². The van der Waals surface area contributed by atoms with E-state index in [1.54, 1.807) is 0 Å². The van der Waals surface area contributed by atoms with Crippen molar-refractivity contribution in [2.24, 2.45) is 0 Å². The Balaban J connectivity index is -0.000000708. The Kier molecular flexibility index (Phi) is 45.4. The molecule has 42 heavy (non-hydrogen) atoms. The van der Waals surface area contributed by atoms with Gasteiger partial charge >= 0.3 is 11.9 Å². The molecule has 5 heteroatoms. The topological polar surface area (TPSA) is 110 Å². The molecule has 0 saturated heterocycles. The van der Waals surface area contributed by atoms with E-state index in [1.165, 1.54) is 173 Å². The molecule has 0 aromatic rings. The second kappa shape index (κ2) is 42.0. The normalized spacial score (nSPS) is 10.6. The molecule has 0 heterocycles. The van der Waals surface area contributed by atoms with Gasteiger partial charge in [-0.1, -0.05) is 200 Å². The maximum Gasteiger partial charge on any atom is 0.303 e. The van der Waals surface area contributed by atoms with E-state index in [1.807, 2.05) is 0 Å². The van der Waals surface area contributed by atoms with Crippen LogP contribution in [-0.2, 0) is 9.59 Å². The number of hydrogen-bond donors (Lipinski definition) is 3. The van der Waals surface area contributed by atoms with Gasteiger partial charge in [0, 0.05) is 12.8 Å². The molecule has 0 radical (unpaired) electrons. The van der Waals surface area contributed by atoms with Gasteiger partial charge < -0.3 is 16.4 Å². The van der Waals surface area contributed by atoms with E-state index in [2.05, 4.69) is 13.8 Å². The number of carbonyl (C=O) groups is 2. The van der Waals surface area contributed by atoms with Crippen LogP contribution in [0.25, 0.3) is 0 Å². The molecule has 0 aliphatic heterocycles. The van der Waals surface area contributed by atoms with Crippen molar-refractivity contribution >= 4 is 11.9 Å². The molecule has 0 aromatic carbocycles. The maximum absolute atomic E-state index is 10.3. The Labute approximate surface area is 263 Å². The molecule has 0 spiro atoms. The summed E-state index contributed by atoms with van der Waals surface area (Å²) >= 11 is 0. The van der Waals surface area contributed by atoms with Crippen molar-refractivity contribution in [2.45, 2.75) is 226 Å². The van der Waals surface area contributed by atoms with Gasteiger partial charge in [0.25, 0.3) is 0 Å². The number of carboxylic acids is 2. The summed E-state index contributed by atoms with van der Waals surface area (Å²) in [5.41, 5.74) is 0. The van der Waals surface area contributed by atoms with Crippen LogP contribution in [0.3, 0.4) is 0 Å². The Morgan fingerprint density at radius 1 is 0.310 bits per heavy atom. The third-order valence-corrected chi connectivity index (χ3v) is 8.24. The summed E-state index contributed by atoms with van der Waals surface area (Å²) in [6.45, 7) is 4.54. The van der Waals surface area contributed by atoms with Crippen LogP contribution in [0.2, 0.25) is 0 Å². The van der Waals surface area contributed by atoms with E-state index < -0.39 is 11.9 Å². The molecule has 5 nitrogen and oxygen atoms in total. The van der Waals surface area contributed by atoms with Crippen LogP contribution >= 0.6 is 0 Å². The van der Waals surface area contributed by atoms with Crippen molar-refractivity contribution in [3.05, 3.63) is 0 Å². The molecular weight excluding hydrogens is 522 g/mol. The zero-order valence-corrected chi connectivity index (χ0v) is 28.8. The lowest BCUT2D eigenvalue weighted by Crippen LogP contribution is -1.93. The first-order chi connectivity index (χ1) is 20.0. The highest BCUT2D eigenvalue weighted by Gasteiger charge is 1.98. The zero-order chi connectivity index (χ0) is 30.5. The van der Waals surface area contributed by atoms with Gasteiger partial charge in [0.2, 0.25) is 0 Å². The Hall–Kier alpha value is -1.10. The third kappa shape index (κ3) is 48.6. The second-order valence-corrected chi connectivity index (χ2v) is 12.5. The monoisotopic (exact) mass is 600 g/mol. The average molecular weight is 600 g/mol. The summed E-state index contributed by atoms with van der Waals surface area (Å²) in [7, 11) is 0. The summed E-state index contributed by atoms with van der Waals surface area (Å²) in [5.74, 6) is -1.31. The summed E-state index contributed by atoms with van der Waals surface area (Å²) in [6, 6.07) is 0. The van der Waals surface area contributed by atoms with Crippen LogP contribution in [0.15, 0.2) is 0 Å². The van der Waals surface area contributed by atoms with Crippen LogP contribution < -0.4 is 6.15 Å². The molecular formula is C37H77NO4. The number of unbranched alkanes of at least 4 members (excludes halogenated alkanes) is 29. The predicted octanol–water partition coefficient (Wildman–Crippen LogP) is 13.2. The first kappa shape index (κ1) is 45.3. The number of rotatable bonds is 33. The minimum atomic E-state index is -0.653. The highest BCUT2D eigenvalue weighted by molar-refractivity contribution is 5.66. The Morgan fingerprint density at radius 2 is 0.452 bits per heavy atom. The molecule has 5 N–H and O–H groups in total. The van der Waals surface area contributed by atoms with Crippen molar-refractivity contribution in [3.8, 4) is 0 Å². The number of hydrogen-bond acceptors (Lipinski definition) is 3. The fourth-order valence-corrected chi connectivity index (χ4v) is 5.47. The van der Waals surface area contributed by atoms with E-state index in [0.29, 0.717) is 12.8 Å². The van der Waals surface area contributed by atoms with E-state index in [0.717, 1.165) is 25.7 Å². The van der Waals surface area contributed by atoms with Gasteiger partial charge in [-0.05, 0) is 12.8 Å². The van der Waals surface area contributed by atoms with E-state index in [4.69, 9.17) is 10.2 Å². The van der Waals surface area contributed by atoms with Gasteiger partial charge in [0.05, 0.1) is 0 Å².